The Morgan fingerprint density at radius 3 is 2.75 bits per heavy atom. The van der Waals surface area contributed by atoms with Gasteiger partial charge in [0.05, 0.1) is 0 Å². The van der Waals surface area contributed by atoms with E-state index in [1.54, 1.807) is 0 Å². The van der Waals surface area contributed by atoms with Crippen molar-refractivity contribution in [2.45, 2.75) is 13.3 Å². The lowest BCUT2D eigenvalue weighted by atomic mass is 10.1. The van der Waals surface area contributed by atoms with Gasteiger partial charge in [-0.2, -0.15) is 0 Å². The van der Waals surface area contributed by atoms with Gasteiger partial charge >= 0.3 is 0 Å². The lowest BCUT2D eigenvalue weighted by Crippen LogP contribution is -1.94. The smallest absolute Gasteiger partial charge is 0.0471 e. The van der Waals surface area contributed by atoms with Crippen LogP contribution < -0.4 is 0 Å². The van der Waals surface area contributed by atoms with Crippen molar-refractivity contribution in [3.8, 4) is 0 Å². The highest BCUT2D eigenvalue weighted by Gasteiger charge is 2.03. The molecule has 0 saturated heterocycles. The van der Waals surface area contributed by atoms with Gasteiger partial charge in [0.25, 0.3) is 0 Å². The van der Waals surface area contributed by atoms with Crippen molar-refractivity contribution in [2.75, 3.05) is 6.61 Å². The number of aliphatic hydroxyl groups excluding tert-OH is 1. The van der Waals surface area contributed by atoms with E-state index in [0.717, 1.165) is 20.6 Å². The normalized spacial score (nSPS) is 10.3. The standard InChI is InChI=1S/C9H10BrClO/c1-6-7(2-3-12)4-8(10)5-9(6)11/h4-5,12H,2-3H2,1H3. The van der Waals surface area contributed by atoms with Gasteiger partial charge in [0.1, 0.15) is 0 Å². The Morgan fingerprint density at radius 1 is 1.50 bits per heavy atom. The zero-order chi connectivity index (χ0) is 9.14. The van der Waals surface area contributed by atoms with Gasteiger partial charge in [-0.05, 0) is 36.6 Å². The summed E-state index contributed by atoms with van der Waals surface area (Å²) in [5.74, 6) is 0. The van der Waals surface area contributed by atoms with Crippen molar-refractivity contribution in [2.24, 2.45) is 0 Å². The zero-order valence-electron chi connectivity index (χ0n) is 6.77. The third kappa shape index (κ3) is 2.22. The molecule has 1 N–H and O–H groups in total. The van der Waals surface area contributed by atoms with Crippen LogP contribution in [0, 0.1) is 6.92 Å². The molecule has 1 aromatic rings. The second-order valence-corrected chi connectivity index (χ2v) is 3.97. The van der Waals surface area contributed by atoms with Crippen LogP contribution >= 0.6 is 27.5 Å². The van der Waals surface area contributed by atoms with Crippen LogP contribution in [0.1, 0.15) is 11.1 Å². The first kappa shape index (κ1) is 10.0. The fourth-order valence-electron chi connectivity index (χ4n) is 1.08. The molecule has 0 aliphatic carbocycles. The number of hydrogen-bond acceptors (Lipinski definition) is 1. The Kier molecular flexibility index (Phi) is 3.56. The summed E-state index contributed by atoms with van der Waals surface area (Å²) < 4.78 is 0.960. The number of hydrogen-bond donors (Lipinski definition) is 1. The van der Waals surface area contributed by atoms with E-state index in [2.05, 4.69) is 15.9 Å². The van der Waals surface area contributed by atoms with Crippen LogP contribution in [-0.4, -0.2) is 11.7 Å². The van der Waals surface area contributed by atoms with Gasteiger partial charge in [-0.25, -0.2) is 0 Å². The van der Waals surface area contributed by atoms with E-state index in [0.29, 0.717) is 6.42 Å². The molecular weight excluding hydrogens is 239 g/mol. The molecule has 0 aliphatic heterocycles. The van der Waals surface area contributed by atoms with Gasteiger partial charge in [-0.1, -0.05) is 27.5 Å². The minimum absolute atomic E-state index is 0.160. The van der Waals surface area contributed by atoms with Crippen molar-refractivity contribution in [1.82, 2.24) is 0 Å². The summed E-state index contributed by atoms with van der Waals surface area (Å²) in [6, 6.07) is 3.84. The van der Waals surface area contributed by atoms with Crippen molar-refractivity contribution in [3.63, 3.8) is 0 Å². The van der Waals surface area contributed by atoms with Crippen LogP contribution in [0.2, 0.25) is 5.02 Å². The monoisotopic (exact) mass is 248 g/mol. The quantitative estimate of drug-likeness (QED) is 0.854. The van der Waals surface area contributed by atoms with E-state index in [-0.39, 0.29) is 6.61 Å². The summed E-state index contributed by atoms with van der Waals surface area (Å²) in [6.07, 6.45) is 0.658. The van der Waals surface area contributed by atoms with Crippen molar-refractivity contribution in [3.05, 3.63) is 32.8 Å². The summed E-state index contributed by atoms with van der Waals surface area (Å²) >= 11 is 9.29. The van der Waals surface area contributed by atoms with Crippen molar-refractivity contribution < 1.29 is 5.11 Å². The molecule has 0 spiro atoms. The molecule has 0 fully saturated rings. The second-order valence-electron chi connectivity index (χ2n) is 2.65. The highest BCUT2D eigenvalue weighted by molar-refractivity contribution is 9.10. The molecule has 66 valence electrons. The largest absolute Gasteiger partial charge is 0.396 e. The molecule has 0 unspecified atom stereocenters. The fraction of sp³-hybridized carbons (Fsp3) is 0.333. The number of rotatable bonds is 2. The number of aliphatic hydroxyl groups is 1. The van der Waals surface area contributed by atoms with Gasteiger partial charge in [0.2, 0.25) is 0 Å². The highest BCUT2D eigenvalue weighted by Crippen LogP contribution is 2.24. The number of benzene rings is 1. The predicted octanol–water partition coefficient (Wildman–Crippen LogP) is 2.95. The second kappa shape index (κ2) is 4.26. The molecule has 0 bridgehead atoms. The average Bonchev–Trinajstić information content (AvgIpc) is 2.00. The van der Waals surface area contributed by atoms with Crippen LogP contribution in [0.25, 0.3) is 0 Å². The molecule has 1 nitrogen and oxygen atoms in total. The van der Waals surface area contributed by atoms with E-state index in [4.69, 9.17) is 16.7 Å². The molecule has 12 heavy (non-hydrogen) atoms. The van der Waals surface area contributed by atoms with Gasteiger partial charge in [0.15, 0.2) is 0 Å². The Labute approximate surface area is 85.5 Å². The van der Waals surface area contributed by atoms with Crippen LogP contribution in [0.5, 0.6) is 0 Å². The van der Waals surface area contributed by atoms with E-state index >= 15 is 0 Å². The third-order valence-electron chi connectivity index (χ3n) is 1.80. The highest BCUT2D eigenvalue weighted by atomic mass is 79.9. The van der Waals surface area contributed by atoms with Crippen molar-refractivity contribution >= 4 is 27.5 Å². The Bertz CT molecular complexity index is 286. The lowest BCUT2D eigenvalue weighted by Gasteiger charge is -2.06. The van der Waals surface area contributed by atoms with Crippen LogP contribution in [0.15, 0.2) is 16.6 Å². The molecule has 0 amide bonds. The summed E-state index contributed by atoms with van der Waals surface area (Å²) in [4.78, 5) is 0. The van der Waals surface area contributed by atoms with E-state index in [9.17, 15) is 0 Å². The molecule has 3 heteroatoms. The first-order valence-corrected chi connectivity index (χ1v) is 4.87. The maximum Gasteiger partial charge on any atom is 0.0471 e. The summed E-state index contributed by atoms with van der Waals surface area (Å²) in [7, 11) is 0. The Balaban J connectivity index is 3.09. The summed E-state index contributed by atoms with van der Waals surface area (Å²) in [5.41, 5.74) is 2.14. The first-order chi connectivity index (χ1) is 5.65. The molecule has 0 aromatic heterocycles. The molecule has 0 aliphatic rings. The van der Waals surface area contributed by atoms with Crippen LogP contribution in [0.4, 0.5) is 0 Å². The maximum absolute atomic E-state index is 8.77. The third-order valence-corrected chi connectivity index (χ3v) is 2.65. The molecular formula is C9H10BrClO. The van der Waals surface area contributed by atoms with Gasteiger partial charge in [0, 0.05) is 16.1 Å². The minimum Gasteiger partial charge on any atom is -0.396 e. The predicted molar refractivity (Wildman–Crippen MR) is 54.7 cm³/mol. The topological polar surface area (TPSA) is 20.2 Å². The summed E-state index contributed by atoms with van der Waals surface area (Å²) in [5, 5.41) is 9.51. The van der Waals surface area contributed by atoms with Crippen LogP contribution in [-0.2, 0) is 6.42 Å². The maximum atomic E-state index is 8.77. The van der Waals surface area contributed by atoms with Gasteiger partial charge in [-0.3, -0.25) is 0 Å². The molecule has 1 aromatic carbocycles. The average molecular weight is 250 g/mol. The van der Waals surface area contributed by atoms with E-state index in [1.165, 1.54) is 0 Å². The SMILES string of the molecule is Cc1c(Cl)cc(Br)cc1CCO. The Hall–Kier alpha value is -0.0500. The van der Waals surface area contributed by atoms with E-state index < -0.39 is 0 Å². The Morgan fingerprint density at radius 2 is 2.17 bits per heavy atom. The van der Waals surface area contributed by atoms with E-state index in [1.807, 2.05) is 19.1 Å². The molecule has 0 saturated carbocycles. The first-order valence-electron chi connectivity index (χ1n) is 3.70. The van der Waals surface area contributed by atoms with Gasteiger partial charge in [-0.15, -0.1) is 0 Å². The molecule has 0 heterocycles. The fourth-order valence-corrected chi connectivity index (χ4v) is 1.96. The lowest BCUT2D eigenvalue weighted by molar-refractivity contribution is 0.299. The summed E-state index contributed by atoms with van der Waals surface area (Å²) in [6.45, 7) is 2.12. The number of halogens is 2. The molecule has 0 radical (unpaired) electrons. The zero-order valence-corrected chi connectivity index (χ0v) is 9.11. The molecule has 1 rings (SSSR count). The molecule has 0 atom stereocenters. The van der Waals surface area contributed by atoms with Crippen LogP contribution in [0.3, 0.4) is 0 Å². The van der Waals surface area contributed by atoms with Crippen molar-refractivity contribution in [1.29, 1.82) is 0 Å². The van der Waals surface area contributed by atoms with Gasteiger partial charge < -0.3 is 5.11 Å². The minimum atomic E-state index is 0.160.